The second kappa shape index (κ2) is 7.64. The van der Waals surface area contributed by atoms with Crippen molar-refractivity contribution in [3.8, 4) is 11.1 Å². The predicted molar refractivity (Wildman–Crippen MR) is 101 cm³/mol. The highest BCUT2D eigenvalue weighted by atomic mass is 14.2. The molecule has 0 radical (unpaired) electrons. The Morgan fingerprint density at radius 2 is 1.78 bits per heavy atom. The molecule has 0 aromatic heterocycles. The standard InChI is InChI=1S/C23H28/c1-3-5-6-7-19-9-11-20(12-10-19)22-15-14-21-16-18(4-2)8-13-23(21)17-22/h3,5,9-12,14-15,17-18H,4,6-8,13,16H2,1-2H3/b5-3+. The summed E-state index contributed by atoms with van der Waals surface area (Å²) in [6, 6.07) is 16.2. The van der Waals surface area contributed by atoms with Crippen LogP contribution in [0.3, 0.4) is 0 Å². The fraction of sp³-hybridized carbons (Fsp3) is 0.391. The first-order chi connectivity index (χ1) is 11.3. The van der Waals surface area contributed by atoms with E-state index in [1.807, 2.05) is 0 Å². The van der Waals surface area contributed by atoms with Crippen molar-refractivity contribution in [1.82, 2.24) is 0 Å². The Kier molecular flexibility index (Phi) is 5.33. The molecule has 0 heterocycles. The summed E-state index contributed by atoms with van der Waals surface area (Å²) in [7, 11) is 0. The van der Waals surface area contributed by atoms with Crippen LogP contribution in [0.4, 0.5) is 0 Å². The van der Waals surface area contributed by atoms with Gasteiger partial charge in [-0.05, 0) is 72.8 Å². The van der Waals surface area contributed by atoms with Gasteiger partial charge in [0.25, 0.3) is 0 Å². The van der Waals surface area contributed by atoms with E-state index in [9.17, 15) is 0 Å². The molecule has 120 valence electrons. The minimum atomic E-state index is 0.893. The largest absolute Gasteiger partial charge is 0.0917 e. The Bertz CT molecular complexity index is 661. The third-order valence-corrected chi connectivity index (χ3v) is 5.24. The van der Waals surface area contributed by atoms with Gasteiger partial charge in [0.2, 0.25) is 0 Å². The summed E-state index contributed by atoms with van der Waals surface area (Å²) in [6.07, 6.45) is 11.8. The molecule has 1 aliphatic rings. The van der Waals surface area contributed by atoms with E-state index >= 15 is 0 Å². The number of hydrogen-bond acceptors (Lipinski definition) is 0. The van der Waals surface area contributed by atoms with E-state index in [4.69, 9.17) is 0 Å². The van der Waals surface area contributed by atoms with E-state index < -0.39 is 0 Å². The Hall–Kier alpha value is -1.82. The normalized spacial score (nSPS) is 17.4. The second-order valence-electron chi connectivity index (χ2n) is 6.81. The molecular weight excluding hydrogens is 276 g/mol. The van der Waals surface area contributed by atoms with E-state index in [0.717, 1.165) is 18.8 Å². The zero-order chi connectivity index (χ0) is 16.1. The Morgan fingerprint density at radius 1 is 1.00 bits per heavy atom. The zero-order valence-corrected chi connectivity index (χ0v) is 14.5. The van der Waals surface area contributed by atoms with Gasteiger partial charge in [0.1, 0.15) is 0 Å². The van der Waals surface area contributed by atoms with Crippen molar-refractivity contribution >= 4 is 0 Å². The number of aryl methyl sites for hydroxylation is 2. The summed E-state index contributed by atoms with van der Waals surface area (Å²) < 4.78 is 0. The van der Waals surface area contributed by atoms with Gasteiger partial charge in [0, 0.05) is 0 Å². The van der Waals surface area contributed by atoms with Crippen LogP contribution in [0.25, 0.3) is 11.1 Å². The summed E-state index contributed by atoms with van der Waals surface area (Å²) in [4.78, 5) is 0. The van der Waals surface area contributed by atoms with Gasteiger partial charge < -0.3 is 0 Å². The molecule has 0 fully saturated rings. The molecule has 3 rings (SSSR count). The van der Waals surface area contributed by atoms with Crippen LogP contribution in [0, 0.1) is 5.92 Å². The smallest absolute Gasteiger partial charge is 0.0181 e. The molecule has 0 amide bonds. The van der Waals surface area contributed by atoms with Crippen LogP contribution in [0.15, 0.2) is 54.6 Å². The molecule has 1 aliphatic carbocycles. The Morgan fingerprint density at radius 3 is 2.52 bits per heavy atom. The molecule has 1 unspecified atom stereocenters. The molecule has 0 nitrogen and oxygen atoms in total. The fourth-order valence-corrected chi connectivity index (χ4v) is 3.64. The minimum absolute atomic E-state index is 0.893. The van der Waals surface area contributed by atoms with Crippen molar-refractivity contribution in [2.24, 2.45) is 5.92 Å². The minimum Gasteiger partial charge on any atom is -0.0917 e. The van der Waals surface area contributed by atoms with E-state index in [0.29, 0.717) is 0 Å². The van der Waals surface area contributed by atoms with Gasteiger partial charge >= 0.3 is 0 Å². The number of fused-ring (bicyclic) bond motifs is 1. The maximum absolute atomic E-state index is 2.43. The van der Waals surface area contributed by atoms with Crippen molar-refractivity contribution in [3.63, 3.8) is 0 Å². The maximum atomic E-state index is 2.43. The molecule has 2 aromatic carbocycles. The Labute approximate surface area is 141 Å². The summed E-state index contributed by atoms with van der Waals surface area (Å²) >= 11 is 0. The quantitative estimate of drug-likeness (QED) is 0.562. The van der Waals surface area contributed by atoms with Gasteiger partial charge in [-0.1, -0.05) is 68.0 Å². The van der Waals surface area contributed by atoms with Crippen molar-refractivity contribution < 1.29 is 0 Å². The molecule has 2 aromatic rings. The first-order valence-electron chi connectivity index (χ1n) is 9.12. The highest BCUT2D eigenvalue weighted by molar-refractivity contribution is 5.65. The molecule has 0 saturated carbocycles. The van der Waals surface area contributed by atoms with Crippen LogP contribution in [-0.2, 0) is 19.3 Å². The highest BCUT2D eigenvalue weighted by Gasteiger charge is 2.17. The molecule has 0 saturated heterocycles. The van der Waals surface area contributed by atoms with E-state index in [2.05, 4.69) is 68.5 Å². The average Bonchev–Trinajstić information content (AvgIpc) is 2.61. The van der Waals surface area contributed by atoms with E-state index in [1.165, 1.54) is 42.4 Å². The van der Waals surface area contributed by atoms with Crippen molar-refractivity contribution in [2.45, 2.75) is 52.4 Å². The summed E-state index contributed by atoms with van der Waals surface area (Å²) in [5, 5.41) is 0. The first-order valence-corrected chi connectivity index (χ1v) is 9.12. The van der Waals surface area contributed by atoms with Gasteiger partial charge in [0.05, 0.1) is 0 Å². The van der Waals surface area contributed by atoms with E-state index in [1.54, 1.807) is 11.1 Å². The lowest BCUT2D eigenvalue weighted by atomic mass is 9.81. The molecule has 1 atom stereocenters. The fourth-order valence-electron chi connectivity index (χ4n) is 3.64. The lowest BCUT2D eigenvalue weighted by Crippen LogP contribution is -2.13. The molecule has 0 aliphatic heterocycles. The van der Waals surface area contributed by atoms with Gasteiger partial charge in [-0.15, -0.1) is 0 Å². The number of benzene rings is 2. The zero-order valence-electron chi connectivity index (χ0n) is 14.5. The number of rotatable bonds is 5. The monoisotopic (exact) mass is 304 g/mol. The molecule has 0 bridgehead atoms. The van der Waals surface area contributed by atoms with Crippen LogP contribution in [-0.4, -0.2) is 0 Å². The van der Waals surface area contributed by atoms with Crippen molar-refractivity contribution in [3.05, 3.63) is 71.3 Å². The molecule has 0 heteroatoms. The molecule has 0 N–H and O–H groups in total. The van der Waals surface area contributed by atoms with E-state index in [-0.39, 0.29) is 0 Å². The summed E-state index contributed by atoms with van der Waals surface area (Å²) in [5.41, 5.74) is 7.30. The van der Waals surface area contributed by atoms with Crippen LogP contribution in [0.5, 0.6) is 0 Å². The summed E-state index contributed by atoms with van der Waals surface area (Å²) in [6.45, 7) is 4.41. The van der Waals surface area contributed by atoms with Gasteiger partial charge in [0.15, 0.2) is 0 Å². The third-order valence-electron chi connectivity index (χ3n) is 5.24. The Balaban J connectivity index is 1.74. The number of hydrogen-bond donors (Lipinski definition) is 0. The lowest BCUT2D eigenvalue weighted by molar-refractivity contribution is 0.445. The molecular formula is C23H28. The second-order valence-corrected chi connectivity index (χ2v) is 6.81. The predicted octanol–water partition coefficient (Wildman–Crippen LogP) is 6.38. The third kappa shape index (κ3) is 3.93. The van der Waals surface area contributed by atoms with Crippen LogP contribution >= 0.6 is 0 Å². The molecule has 0 spiro atoms. The number of allylic oxidation sites excluding steroid dienone is 2. The average molecular weight is 304 g/mol. The van der Waals surface area contributed by atoms with Crippen molar-refractivity contribution in [1.29, 1.82) is 0 Å². The van der Waals surface area contributed by atoms with Crippen LogP contribution in [0.2, 0.25) is 0 Å². The van der Waals surface area contributed by atoms with Gasteiger partial charge in [-0.3, -0.25) is 0 Å². The van der Waals surface area contributed by atoms with Gasteiger partial charge in [-0.25, -0.2) is 0 Å². The lowest BCUT2D eigenvalue weighted by Gasteiger charge is -2.24. The van der Waals surface area contributed by atoms with Gasteiger partial charge in [-0.2, -0.15) is 0 Å². The van der Waals surface area contributed by atoms with Crippen molar-refractivity contribution in [2.75, 3.05) is 0 Å². The van der Waals surface area contributed by atoms with Crippen LogP contribution in [0.1, 0.15) is 49.8 Å². The molecule has 23 heavy (non-hydrogen) atoms. The highest BCUT2D eigenvalue weighted by Crippen LogP contribution is 2.31. The first kappa shape index (κ1) is 16.1. The SMILES string of the molecule is C/C=C/CCc1ccc(-c2ccc3c(c2)CCC(CC)C3)cc1. The topological polar surface area (TPSA) is 0 Å². The summed E-state index contributed by atoms with van der Waals surface area (Å²) in [5.74, 6) is 0.893. The van der Waals surface area contributed by atoms with Crippen LogP contribution < -0.4 is 0 Å². The maximum Gasteiger partial charge on any atom is -0.0181 e.